The molecule has 156 valence electrons. The molecule has 0 amide bonds. The van der Waals surface area contributed by atoms with Gasteiger partial charge in [0.1, 0.15) is 12.4 Å². The van der Waals surface area contributed by atoms with Gasteiger partial charge in [-0.05, 0) is 70.6 Å². The Morgan fingerprint density at radius 2 is 1.90 bits per heavy atom. The largest absolute Gasteiger partial charge is 0.493 e. The molecule has 0 saturated carbocycles. The maximum absolute atomic E-state index is 13.4. The average Bonchev–Trinajstić information content (AvgIpc) is 3.14. The van der Waals surface area contributed by atoms with Gasteiger partial charge in [-0.2, -0.15) is 0 Å². The van der Waals surface area contributed by atoms with E-state index in [2.05, 4.69) is 27.6 Å². The molecule has 1 heterocycles. The summed E-state index contributed by atoms with van der Waals surface area (Å²) >= 11 is 2.27. The lowest BCUT2D eigenvalue weighted by Crippen LogP contribution is -2.05. The first-order valence-electron chi connectivity index (χ1n) is 9.36. The van der Waals surface area contributed by atoms with E-state index in [-0.39, 0.29) is 11.6 Å². The number of rotatable bonds is 6. The number of carbonyl (C=O) groups excluding carboxylic acids is 1. The fourth-order valence-electron chi connectivity index (χ4n) is 2.98. The van der Waals surface area contributed by atoms with Crippen LogP contribution in [0.15, 0.2) is 77.4 Å². The van der Waals surface area contributed by atoms with E-state index >= 15 is 0 Å². The minimum atomic E-state index is -0.600. The Morgan fingerprint density at radius 3 is 2.68 bits per heavy atom. The predicted octanol–water partition coefficient (Wildman–Crippen LogP) is 5.36. The minimum absolute atomic E-state index is 0.0696. The molecule has 0 fully saturated rings. The van der Waals surface area contributed by atoms with E-state index < -0.39 is 11.8 Å². The maximum Gasteiger partial charge on any atom is 0.363 e. The van der Waals surface area contributed by atoms with Crippen molar-refractivity contribution in [3.05, 3.63) is 98.5 Å². The molecule has 7 heteroatoms. The highest BCUT2D eigenvalue weighted by Gasteiger charge is 2.24. The fraction of sp³-hybridized carbons (Fsp3) is 0.0833. The lowest BCUT2D eigenvalue weighted by Gasteiger charge is -2.12. The molecule has 31 heavy (non-hydrogen) atoms. The van der Waals surface area contributed by atoms with E-state index in [1.165, 1.54) is 18.2 Å². The molecule has 1 aliphatic rings. The summed E-state index contributed by atoms with van der Waals surface area (Å²) in [5, 5.41) is 0. The molecular weight excluding hydrogens is 512 g/mol. The summed E-state index contributed by atoms with van der Waals surface area (Å²) in [6.45, 7) is 0.406. The van der Waals surface area contributed by atoms with Crippen LogP contribution in [0.2, 0.25) is 0 Å². The highest BCUT2D eigenvalue weighted by molar-refractivity contribution is 14.1. The van der Waals surface area contributed by atoms with E-state index in [0.717, 1.165) is 9.13 Å². The second-order valence-corrected chi connectivity index (χ2v) is 7.80. The van der Waals surface area contributed by atoms with Crippen LogP contribution < -0.4 is 9.47 Å². The number of methoxy groups -OCH3 is 1. The van der Waals surface area contributed by atoms with E-state index in [9.17, 15) is 9.18 Å². The zero-order valence-corrected chi connectivity index (χ0v) is 18.6. The molecule has 0 saturated heterocycles. The molecule has 0 aliphatic carbocycles. The van der Waals surface area contributed by atoms with Crippen LogP contribution in [0.3, 0.4) is 0 Å². The summed E-state index contributed by atoms with van der Waals surface area (Å²) in [6, 6.07) is 19.0. The first kappa shape index (κ1) is 21.0. The average molecular weight is 529 g/mol. The highest BCUT2D eigenvalue weighted by atomic mass is 127. The lowest BCUT2D eigenvalue weighted by molar-refractivity contribution is -0.129. The van der Waals surface area contributed by atoms with Gasteiger partial charge in [0, 0.05) is 14.7 Å². The molecule has 0 N–H and O–H groups in total. The number of nitrogens with zero attached hydrogens (tertiary/aromatic N) is 1. The Hall–Kier alpha value is -3.20. The topological polar surface area (TPSA) is 57.1 Å². The maximum atomic E-state index is 13.4. The number of halogens is 2. The third-order valence-corrected chi connectivity index (χ3v) is 5.58. The highest BCUT2D eigenvalue weighted by Crippen LogP contribution is 2.31. The van der Waals surface area contributed by atoms with Gasteiger partial charge in [0.25, 0.3) is 0 Å². The third-order valence-electron chi connectivity index (χ3n) is 4.52. The van der Waals surface area contributed by atoms with Gasteiger partial charge in [0.15, 0.2) is 17.2 Å². The molecule has 4 rings (SSSR count). The van der Waals surface area contributed by atoms with Crippen molar-refractivity contribution in [1.82, 2.24) is 0 Å². The van der Waals surface area contributed by atoms with E-state index in [0.29, 0.717) is 29.2 Å². The van der Waals surface area contributed by atoms with Gasteiger partial charge in [0.05, 0.1) is 7.11 Å². The number of carbonyl (C=O) groups is 1. The molecule has 0 aromatic heterocycles. The second kappa shape index (κ2) is 9.30. The molecule has 1 aliphatic heterocycles. The molecule has 0 spiro atoms. The Bertz CT molecular complexity index is 1210. The monoisotopic (exact) mass is 529 g/mol. The van der Waals surface area contributed by atoms with E-state index in [1.807, 2.05) is 24.3 Å². The van der Waals surface area contributed by atoms with Crippen molar-refractivity contribution in [2.45, 2.75) is 6.61 Å². The van der Waals surface area contributed by atoms with Crippen molar-refractivity contribution in [3.8, 4) is 11.5 Å². The van der Waals surface area contributed by atoms with Gasteiger partial charge in [-0.3, -0.25) is 0 Å². The Labute approximate surface area is 192 Å². The number of aliphatic imine (C=N–C) groups is 1. The summed E-state index contributed by atoms with van der Waals surface area (Å²) in [7, 11) is 1.55. The van der Waals surface area contributed by atoms with Gasteiger partial charge in [-0.15, -0.1) is 0 Å². The van der Waals surface area contributed by atoms with Crippen molar-refractivity contribution < 1.29 is 23.4 Å². The smallest absolute Gasteiger partial charge is 0.363 e. The first-order chi connectivity index (χ1) is 15.0. The van der Waals surface area contributed by atoms with E-state index in [1.54, 1.807) is 37.5 Å². The standard InChI is InChI=1S/C24H17FINO4/c1-29-22-12-15(9-10-21(22)30-14-17-5-2-3-8-19(17)26)11-20-24(28)31-23(27-20)16-6-4-7-18(25)13-16/h2-13H,14H2,1H3/b20-11-. The van der Waals surface area contributed by atoms with Crippen LogP contribution >= 0.6 is 22.6 Å². The lowest BCUT2D eigenvalue weighted by atomic mass is 10.1. The number of hydrogen-bond donors (Lipinski definition) is 0. The van der Waals surface area contributed by atoms with Crippen LogP contribution in [0.4, 0.5) is 4.39 Å². The van der Waals surface area contributed by atoms with Crippen LogP contribution in [0.1, 0.15) is 16.7 Å². The van der Waals surface area contributed by atoms with Crippen molar-refractivity contribution >= 4 is 40.5 Å². The van der Waals surface area contributed by atoms with Crippen LogP contribution in [-0.2, 0) is 16.1 Å². The van der Waals surface area contributed by atoms with Crippen LogP contribution in [-0.4, -0.2) is 19.0 Å². The van der Waals surface area contributed by atoms with Crippen molar-refractivity contribution in [3.63, 3.8) is 0 Å². The van der Waals surface area contributed by atoms with Crippen molar-refractivity contribution in [1.29, 1.82) is 0 Å². The van der Waals surface area contributed by atoms with Crippen LogP contribution in [0, 0.1) is 9.39 Å². The quantitative estimate of drug-likeness (QED) is 0.245. The number of cyclic esters (lactones) is 1. The number of hydrogen-bond acceptors (Lipinski definition) is 5. The normalized spacial score (nSPS) is 14.4. The number of benzene rings is 3. The van der Waals surface area contributed by atoms with Gasteiger partial charge in [-0.1, -0.05) is 30.3 Å². The zero-order chi connectivity index (χ0) is 21.8. The van der Waals surface area contributed by atoms with Crippen molar-refractivity contribution in [2.75, 3.05) is 7.11 Å². The number of ether oxygens (including phenoxy) is 3. The molecule has 0 atom stereocenters. The fourth-order valence-corrected chi connectivity index (χ4v) is 3.52. The van der Waals surface area contributed by atoms with Gasteiger partial charge in [0.2, 0.25) is 5.90 Å². The summed E-state index contributed by atoms with van der Waals surface area (Å²) in [5.41, 5.74) is 2.28. The van der Waals surface area contributed by atoms with E-state index in [4.69, 9.17) is 14.2 Å². The van der Waals surface area contributed by atoms with Crippen LogP contribution in [0.5, 0.6) is 11.5 Å². The summed E-state index contributed by atoms with van der Waals surface area (Å²) < 4.78 is 31.1. The summed E-state index contributed by atoms with van der Waals surface area (Å²) in [6.07, 6.45) is 1.58. The Balaban J connectivity index is 1.55. The minimum Gasteiger partial charge on any atom is -0.493 e. The van der Waals surface area contributed by atoms with Crippen LogP contribution in [0.25, 0.3) is 6.08 Å². The third kappa shape index (κ3) is 4.93. The molecule has 0 unspecified atom stereocenters. The van der Waals surface area contributed by atoms with Gasteiger partial charge >= 0.3 is 5.97 Å². The SMILES string of the molecule is COc1cc(/C=C2\N=C(c3cccc(F)c3)OC2=O)ccc1OCc1ccccc1I. The van der Waals surface area contributed by atoms with Crippen molar-refractivity contribution in [2.24, 2.45) is 4.99 Å². The molecular formula is C24H17FINO4. The zero-order valence-electron chi connectivity index (χ0n) is 16.5. The Kier molecular flexibility index (Phi) is 6.31. The molecule has 3 aromatic carbocycles. The molecule has 0 radical (unpaired) electrons. The second-order valence-electron chi connectivity index (χ2n) is 6.64. The Morgan fingerprint density at radius 1 is 1.06 bits per heavy atom. The van der Waals surface area contributed by atoms with Gasteiger partial charge < -0.3 is 14.2 Å². The summed E-state index contributed by atoms with van der Waals surface area (Å²) in [4.78, 5) is 16.4. The molecule has 5 nitrogen and oxygen atoms in total. The number of esters is 1. The van der Waals surface area contributed by atoms with Gasteiger partial charge in [-0.25, -0.2) is 14.2 Å². The predicted molar refractivity (Wildman–Crippen MR) is 123 cm³/mol. The first-order valence-corrected chi connectivity index (χ1v) is 10.4. The summed E-state index contributed by atoms with van der Waals surface area (Å²) in [5.74, 6) is 0.153. The molecule has 3 aromatic rings. The molecule has 0 bridgehead atoms.